The monoisotopic (exact) mass is 225 g/mol. The highest BCUT2D eigenvalue weighted by atomic mass is 79.9. The molecule has 1 fully saturated rings. The molecule has 1 aliphatic rings. The van der Waals surface area contributed by atoms with Gasteiger partial charge in [-0.05, 0) is 12.8 Å². The van der Waals surface area contributed by atoms with E-state index in [4.69, 9.17) is 0 Å². The van der Waals surface area contributed by atoms with Gasteiger partial charge >= 0.3 is 0 Å². The first-order valence-electron chi connectivity index (χ1n) is 3.59. The van der Waals surface area contributed by atoms with E-state index in [1.165, 1.54) is 4.90 Å². The minimum atomic E-state index is -1.54. The summed E-state index contributed by atoms with van der Waals surface area (Å²) < 4.78 is 25.5. The van der Waals surface area contributed by atoms with Gasteiger partial charge in [0, 0.05) is 18.1 Å². The molecule has 0 bridgehead atoms. The molecule has 4 heteroatoms. The van der Waals surface area contributed by atoms with Gasteiger partial charge in [-0.1, -0.05) is 15.9 Å². The lowest BCUT2D eigenvalue weighted by Gasteiger charge is -2.17. The lowest BCUT2D eigenvalue weighted by atomic mass is 10.4. The first-order valence-corrected chi connectivity index (χ1v) is 4.51. The number of likely N-dealkylation sites (tertiary alicyclic amines) is 1. The number of hydrogen-bond donors (Lipinski definition) is 0. The Labute approximate surface area is 73.2 Å². The quantitative estimate of drug-likeness (QED) is 0.654. The first-order chi connectivity index (χ1) is 5.25. The molecule has 0 aromatic heterocycles. The van der Waals surface area contributed by atoms with E-state index in [2.05, 4.69) is 15.9 Å². The molecule has 0 aromatic rings. The lowest BCUT2D eigenvalue weighted by Crippen LogP contribution is -2.29. The van der Waals surface area contributed by atoms with E-state index in [-0.39, 0.29) is 0 Å². The molecule has 1 nitrogen and oxygen atoms in total. The Morgan fingerprint density at radius 2 is 2.00 bits per heavy atom. The third-order valence-corrected chi connectivity index (χ3v) is 2.23. The van der Waals surface area contributed by atoms with Gasteiger partial charge in [0.2, 0.25) is 6.30 Å². The Balaban J connectivity index is 2.45. The summed E-state index contributed by atoms with van der Waals surface area (Å²) >= 11 is 2.76. The summed E-state index contributed by atoms with van der Waals surface area (Å²) in [6.45, 7) is 1.32. The van der Waals surface area contributed by atoms with Gasteiger partial charge in [0.15, 0.2) is 5.83 Å². The molecule has 0 radical (unpaired) electrons. The number of halogens is 3. The Morgan fingerprint density at radius 1 is 1.45 bits per heavy atom. The average Bonchev–Trinajstić information content (AvgIpc) is 2.53. The van der Waals surface area contributed by atoms with Gasteiger partial charge in [0.05, 0.1) is 0 Å². The normalized spacial score (nSPS) is 24.1. The van der Waals surface area contributed by atoms with Crippen LogP contribution < -0.4 is 0 Å². The topological polar surface area (TPSA) is 3.24 Å². The van der Waals surface area contributed by atoms with Crippen LogP contribution >= 0.6 is 15.9 Å². The van der Waals surface area contributed by atoms with Crippen molar-refractivity contribution in [1.82, 2.24) is 4.90 Å². The van der Waals surface area contributed by atoms with E-state index >= 15 is 0 Å². The van der Waals surface area contributed by atoms with E-state index in [9.17, 15) is 8.78 Å². The summed E-state index contributed by atoms with van der Waals surface area (Å²) in [5.41, 5.74) is 0. The molecule has 1 heterocycles. The Morgan fingerprint density at radius 3 is 2.45 bits per heavy atom. The fourth-order valence-corrected chi connectivity index (χ4v) is 1.41. The predicted octanol–water partition coefficient (Wildman–Crippen LogP) is 2.58. The molecule has 1 atom stereocenters. The number of hydrogen-bond acceptors (Lipinski definition) is 1. The molecule has 0 aliphatic carbocycles. The summed E-state index contributed by atoms with van der Waals surface area (Å²) in [4.78, 5) is 2.49. The maximum atomic E-state index is 13.0. The lowest BCUT2D eigenvalue weighted by molar-refractivity contribution is 0.119. The molecule has 1 saturated heterocycles. The van der Waals surface area contributed by atoms with Crippen LogP contribution in [0.25, 0.3) is 0 Å². The van der Waals surface area contributed by atoms with Crippen molar-refractivity contribution >= 4 is 15.9 Å². The molecule has 0 spiro atoms. The van der Waals surface area contributed by atoms with E-state index in [1.54, 1.807) is 0 Å². The summed E-state index contributed by atoms with van der Waals surface area (Å²) in [5, 5.41) is 0. The highest BCUT2D eigenvalue weighted by molar-refractivity contribution is 9.11. The van der Waals surface area contributed by atoms with Crippen molar-refractivity contribution in [2.75, 3.05) is 13.1 Å². The van der Waals surface area contributed by atoms with Crippen molar-refractivity contribution in [3.05, 3.63) is 10.8 Å². The molecular formula is C7H10BrF2N. The zero-order chi connectivity index (χ0) is 8.27. The Hall–Kier alpha value is 0.0400. The maximum Gasteiger partial charge on any atom is 0.206 e. The summed E-state index contributed by atoms with van der Waals surface area (Å²) in [5.74, 6) is -0.744. The zero-order valence-corrected chi connectivity index (χ0v) is 7.65. The summed E-state index contributed by atoms with van der Waals surface area (Å²) in [7, 11) is 0. The standard InChI is InChI=1S/C7H10BrF2N/c8-5-6(9)7(10)11-3-1-2-4-11/h5,7H,1-4H2. The highest BCUT2D eigenvalue weighted by Crippen LogP contribution is 2.19. The molecule has 0 N–H and O–H groups in total. The van der Waals surface area contributed by atoms with Crippen molar-refractivity contribution in [2.24, 2.45) is 0 Å². The smallest absolute Gasteiger partial charge is 0.206 e. The van der Waals surface area contributed by atoms with Gasteiger partial charge in [0.25, 0.3) is 0 Å². The number of alkyl halides is 1. The molecule has 1 aliphatic heterocycles. The SMILES string of the molecule is FC(=CBr)C(F)N1CCCC1. The van der Waals surface area contributed by atoms with Crippen molar-refractivity contribution in [3.8, 4) is 0 Å². The van der Waals surface area contributed by atoms with E-state index in [0.717, 1.165) is 17.8 Å². The van der Waals surface area contributed by atoms with E-state index < -0.39 is 12.1 Å². The van der Waals surface area contributed by atoms with Crippen LogP contribution in [0.1, 0.15) is 12.8 Å². The third kappa shape index (κ3) is 2.24. The van der Waals surface area contributed by atoms with Crippen molar-refractivity contribution in [3.63, 3.8) is 0 Å². The van der Waals surface area contributed by atoms with Gasteiger partial charge in [-0.15, -0.1) is 0 Å². The molecule has 11 heavy (non-hydrogen) atoms. The third-order valence-electron chi connectivity index (χ3n) is 1.79. The van der Waals surface area contributed by atoms with Crippen LogP contribution in [-0.2, 0) is 0 Å². The first kappa shape index (κ1) is 9.13. The van der Waals surface area contributed by atoms with Crippen molar-refractivity contribution in [2.45, 2.75) is 19.1 Å². The van der Waals surface area contributed by atoms with Crippen LogP contribution in [0.5, 0.6) is 0 Å². The molecule has 0 amide bonds. The number of rotatable bonds is 2. The second kappa shape index (κ2) is 4.16. The summed E-state index contributed by atoms with van der Waals surface area (Å²) in [6.07, 6.45) is 0.392. The second-order valence-electron chi connectivity index (χ2n) is 2.57. The van der Waals surface area contributed by atoms with Crippen LogP contribution in [0.2, 0.25) is 0 Å². The van der Waals surface area contributed by atoms with Gasteiger partial charge in [-0.2, -0.15) is 0 Å². The van der Waals surface area contributed by atoms with Gasteiger partial charge in [0.1, 0.15) is 0 Å². The van der Waals surface area contributed by atoms with Crippen molar-refractivity contribution < 1.29 is 8.78 Å². The predicted molar refractivity (Wildman–Crippen MR) is 43.8 cm³/mol. The molecule has 1 rings (SSSR count). The molecular weight excluding hydrogens is 216 g/mol. The van der Waals surface area contributed by atoms with Gasteiger partial charge in [-0.25, -0.2) is 8.78 Å². The zero-order valence-electron chi connectivity index (χ0n) is 6.06. The highest BCUT2D eigenvalue weighted by Gasteiger charge is 2.24. The molecule has 0 aromatic carbocycles. The Kier molecular flexibility index (Phi) is 3.45. The second-order valence-corrected chi connectivity index (χ2v) is 3.03. The van der Waals surface area contributed by atoms with Crippen LogP contribution in [0.3, 0.4) is 0 Å². The van der Waals surface area contributed by atoms with Crippen LogP contribution in [0.4, 0.5) is 8.78 Å². The minimum absolute atomic E-state index is 0.662. The van der Waals surface area contributed by atoms with Crippen molar-refractivity contribution in [1.29, 1.82) is 0 Å². The average molecular weight is 226 g/mol. The van der Waals surface area contributed by atoms with E-state index in [1.807, 2.05) is 0 Å². The minimum Gasteiger partial charge on any atom is -0.268 e. The largest absolute Gasteiger partial charge is 0.268 e. The fourth-order valence-electron chi connectivity index (χ4n) is 1.19. The molecule has 1 unspecified atom stereocenters. The van der Waals surface area contributed by atoms with Gasteiger partial charge < -0.3 is 0 Å². The maximum absolute atomic E-state index is 13.0. The van der Waals surface area contributed by atoms with Crippen LogP contribution in [0, 0.1) is 0 Å². The fraction of sp³-hybridized carbons (Fsp3) is 0.714. The van der Waals surface area contributed by atoms with Gasteiger partial charge in [-0.3, -0.25) is 4.90 Å². The van der Waals surface area contributed by atoms with Crippen LogP contribution in [0.15, 0.2) is 10.8 Å². The Bertz CT molecular complexity index is 155. The van der Waals surface area contributed by atoms with E-state index in [0.29, 0.717) is 13.1 Å². The summed E-state index contributed by atoms with van der Waals surface area (Å²) in [6, 6.07) is 0. The molecule has 0 saturated carbocycles. The number of nitrogens with zero attached hydrogens (tertiary/aromatic N) is 1. The van der Waals surface area contributed by atoms with Crippen LogP contribution in [-0.4, -0.2) is 24.3 Å². The molecule has 64 valence electrons.